The van der Waals surface area contributed by atoms with Crippen molar-refractivity contribution in [3.05, 3.63) is 58.2 Å². The molecule has 2 nitrogen and oxygen atoms in total. The first-order chi connectivity index (χ1) is 7.99. The van der Waals surface area contributed by atoms with Gasteiger partial charge in [0.15, 0.2) is 0 Å². The van der Waals surface area contributed by atoms with Gasteiger partial charge in [0, 0.05) is 16.5 Å². The number of hydrogen-bond donors (Lipinski definition) is 1. The number of hydrogen-bond acceptors (Lipinski definition) is 2. The fourth-order valence-electron chi connectivity index (χ4n) is 1.72. The molecule has 0 saturated carbocycles. The van der Waals surface area contributed by atoms with E-state index in [0.717, 1.165) is 10.0 Å². The molecule has 1 aromatic heterocycles. The van der Waals surface area contributed by atoms with Gasteiger partial charge in [0.05, 0.1) is 18.1 Å². The molecule has 4 heteroatoms. The lowest BCUT2D eigenvalue weighted by Gasteiger charge is -2.22. The molecule has 1 unspecified atom stereocenters. The minimum atomic E-state index is -1.08. The molecule has 0 aliphatic rings. The Kier molecular flexibility index (Phi) is 3.35. The summed E-state index contributed by atoms with van der Waals surface area (Å²) < 4.78 is 18.9. The topological polar surface area (TPSA) is 33.4 Å². The molecule has 1 atom stereocenters. The maximum absolute atomic E-state index is 13.1. The summed E-state index contributed by atoms with van der Waals surface area (Å²) in [7, 11) is 0. The zero-order valence-corrected chi connectivity index (χ0v) is 10.9. The lowest BCUT2D eigenvalue weighted by Crippen LogP contribution is -2.23. The van der Waals surface area contributed by atoms with Crippen LogP contribution >= 0.6 is 15.9 Å². The molecule has 1 N–H and O–H groups in total. The van der Waals surface area contributed by atoms with Crippen LogP contribution < -0.4 is 0 Å². The van der Waals surface area contributed by atoms with E-state index in [1.165, 1.54) is 24.7 Å². The van der Waals surface area contributed by atoms with E-state index in [1.54, 1.807) is 19.1 Å². The van der Waals surface area contributed by atoms with Gasteiger partial charge in [-0.2, -0.15) is 0 Å². The molecule has 0 fully saturated rings. The van der Waals surface area contributed by atoms with Gasteiger partial charge in [0.2, 0.25) is 0 Å². The van der Waals surface area contributed by atoms with Gasteiger partial charge in [-0.1, -0.05) is 15.9 Å². The molecule has 0 aliphatic heterocycles. The van der Waals surface area contributed by atoms with Crippen molar-refractivity contribution in [1.29, 1.82) is 0 Å². The first kappa shape index (κ1) is 12.3. The van der Waals surface area contributed by atoms with Crippen LogP contribution in [-0.4, -0.2) is 5.11 Å². The summed E-state index contributed by atoms with van der Waals surface area (Å²) >= 11 is 3.35. The van der Waals surface area contributed by atoms with Crippen molar-refractivity contribution in [1.82, 2.24) is 0 Å². The van der Waals surface area contributed by atoms with Crippen LogP contribution in [0.2, 0.25) is 0 Å². The Morgan fingerprint density at radius 1 is 1.41 bits per heavy atom. The van der Waals surface area contributed by atoms with Crippen molar-refractivity contribution < 1.29 is 13.9 Å². The van der Waals surface area contributed by atoms with E-state index in [-0.39, 0.29) is 5.82 Å². The molecule has 0 spiro atoms. The van der Waals surface area contributed by atoms with Crippen LogP contribution in [0.5, 0.6) is 0 Å². The van der Waals surface area contributed by atoms with Crippen LogP contribution in [0.1, 0.15) is 18.1 Å². The van der Waals surface area contributed by atoms with E-state index in [2.05, 4.69) is 15.9 Å². The van der Waals surface area contributed by atoms with Crippen molar-refractivity contribution in [2.45, 2.75) is 18.9 Å². The minimum Gasteiger partial charge on any atom is -0.472 e. The highest BCUT2D eigenvalue weighted by Crippen LogP contribution is 2.29. The van der Waals surface area contributed by atoms with Gasteiger partial charge in [0.1, 0.15) is 5.82 Å². The Morgan fingerprint density at radius 2 is 2.18 bits per heavy atom. The lowest BCUT2D eigenvalue weighted by atomic mass is 9.91. The maximum Gasteiger partial charge on any atom is 0.123 e. The van der Waals surface area contributed by atoms with Crippen molar-refractivity contribution in [2.75, 3.05) is 0 Å². The third-order valence-corrected chi connectivity index (χ3v) is 3.46. The number of benzene rings is 1. The average Bonchev–Trinajstić information content (AvgIpc) is 2.77. The summed E-state index contributed by atoms with van der Waals surface area (Å²) in [6.07, 6.45) is 3.31. The molecule has 1 heterocycles. The lowest BCUT2D eigenvalue weighted by molar-refractivity contribution is 0.0568. The molecule has 0 aliphatic carbocycles. The monoisotopic (exact) mass is 298 g/mol. The van der Waals surface area contributed by atoms with Crippen LogP contribution in [0.4, 0.5) is 4.39 Å². The van der Waals surface area contributed by atoms with E-state index >= 15 is 0 Å². The SMILES string of the molecule is CC(O)(Cc1cc(F)ccc1Br)c1ccoc1. The maximum atomic E-state index is 13.1. The third-order valence-electron chi connectivity index (χ3n) is 2.69. The van der Waals surface area contributed by atoms with Gasteiger partial charge in [-0.25, -0.2) is 4.39 Å². The molecular formula is C13H12BrFO2. The fourth-order valence-corrected chi connectivity index (χ4v) is 2.11. The van der Waals surface area contributed by atoms with Gasteiger partial charge in [0.25, 0.3) is 0 Å². The highest BCUT2D eigenvalue weighted by atomic mass is 79.9. The molecule has 0 radical (unpaired) electrons. The smallest absolute Gasteiger partial charge is 0.123 e. The van der Waals surface area contributed by atoms with Gasteiger partial charge < -0.3 is 9.52 Å². The van der Waals surface area contributed by atoms with Gasteiger partial charge in [-0.3, -0.25) is 0 Å². The predicted molar refractivity (Wildman–Crippen MR) is 66.1 cm³/mol. The molecule has 0 bridgehead atoms. The van der Waals surface area contributed by atoms with Gasteiger partial charge in [-0.15, -0.1) is 0 Å². The highest BCUT2D eigenvalue weighted by molar-refractivity contribution is 9.10. The zero-order valence-electron chi connectivity index (χ0n) is 9.28. The van der Waals surface area contributed by atoms with Crippen molar-refractivity contribution >= 4 is 15.9 Å². The minimum absolute atomic E-state index is 0.310. The highest BCUT2D eigenvalue weighted by Gasteiger charge is 2.25. The van der Waals surface area contributed by atoms with Crippen LogP contribution in [0.15, 0.2) is 45.7 Å². The second kappa shape index (κ2) is 4.63. The number of furan rings is 1. The fraction of sp³-hybridized carbons (Fsp3) is 0.231. The van der Waals surface area contributed by atoms with Crippen LogP contribution in [-0.2, 0) is 12.0 Å². The first-order valence-electron chi connectivity index (χ1n) is 5.18. The van der Waals surface area contributed by atoms with Crippen LogP contribution in [0, 0.1) is 5.82 Å². The summed E-state index contributed by atoms with van der Waals surface area (Å²) in [4.78, 5) is 0. The van der Waals surface area contributed by atoms with Gasteiger partial charge in [-0.05, 0) is 36.8 Å². The number of halogens is 2. The Balaban J connectivity index is 2.29. The summed E-state index contributed by atoms with van der Waals surface area (Å²) in [6.45, 7) is 1.68. The van der Waals surface area contributed by atoms with Gasteiger partial charge >= 0.3 is 0 Å². The predicted octanol–water partition coefficient (Wildman–Crippen LogP) is 3.63. The van der Waals surface area contributed by atoms with Crippen molar-refractivity contribution in [3.63, 3.8) is 0 Å². The third kappa shape index (κ3) is 2.76. The standard InChI is InChI=1S/C13H12BrFO2/c1-13(16,10-4-5-17-8-10)7-9-6-11(15)2-3-12(9)14/h2-6,8,16H,7H2,1H3. The van der Waals surface area contributed by atoms with Crippen molar-refractivity contribution in [2.24, 2.45) is 0 Å². The van der Waals surface area contributed by atoms with Crippen molar-refractivity contribution in [3.8, 4) is 0 Å². The molecule has 17 heavy (non-hydrogen) atoms. The second-order valence-corrected chi connectivity index (χ2v) is 5.05. The molecule has 2 rings (SSSR count). The van der Waals surface area contributed by atoms with E-state index in [1.807, 2.05) is 0 Å². The normalized spacial score (nSPS) is 14.6. The molecular weight excluding hydrogens is 287 g/mol. The summed E-state index contributed by atoms with van der Waals surface area (Å²) in [6, 6.07) is 6.13. The largest absolute Gasteiger partial charge is 0.472 e. The number of rotatable bonds is 3. The Morgan fingerprint density at radius 3 is 2.82 bits per heavy atom. The van der Waals surface area contributed by atoms with E-state index in [9.17, 15) is 9.50 Å². The quantitative estimate of drug-likeness (QED) is 0.939. The number of aliphatic hydroxyl groups is 1. The zero-order chi connectivity index (χ0) is 12.5. The first-order valence-corrected chi connectivity index (χ1v) is 5.97. The Hall–Kier alpha value is -1.13. The molecule has 0 amide bonds. The Bertz CT molecular complexity index is 506. The van der Waals surface area contributed by atoms with E-state index in [0.29, 0.717) is 12.0 Å². The molecule has 2 aromatic rings. The molecule has 0 saturated heterocycles. The molecule has 90 valence electrons. The van der Waals surface area contributed by atoms with Crippen LogP contribution in [0.3, 0.4) is 0 Å². The second-order valence-electron chi connectivity index (χ2n) is 4.20. The van der Waals surface area contributed by atoms with E-state index < -0.39 is 5.60 Å². The summed E-state index contributed by atoms with van der Waals surface area (Å²) in [5.74, 6) is -0.314. The van der Waals surface area contributed by atoms with Crippen LogP contribution in [0.25, 0.3) is 0 Å². The Labute approximate surface area is 107 Å². The average molecular weight is 299 g/mol. The summed E-state index contributed by atoms with van der Waals surface area (Å²) in [5, 5.41) is 10.3. The summed E-state index contributed by atoms with van der Waals surface area (Å²) in [5.41, 5.74) is 0.313. The molecule has 1 aromatic carbocycles. The van der Waals surface area contributed by atoms with E-state index in [4.69, 9.17) is 4.42 Å².